The van der Waals surface area contributed by atoms with Crippen LogP contribution in [0.1, 0.15) is 16.8 Å². The molecule has 1 heterocycles. The van der Waals surface area contributed by atoms with Gasteiger partial charge in [0.05, 0.1) is 12.2 Å². The molecule has 0 saturated heterocycles. The predicted octanol–water partition coefficient (Wildman–Crippen LogP) is 2.98. The Bertz CT molecular complexity index is 662. The van der Waals surface area contributed by atoms with Gasteiger partial charge in [0.2, 0.25) is 0 Å². The fourth-order valence-corrected chi connectivity index (χ4v) is 2.17. The van der Waals surface area contributed by atoms with Gasteiger partial charge in [0.15, 0.2) is 0 Å². The van der Waals surface area contributed by atoms with Crippen LogP contribution in [0.4, 0.5) is 5.82 Å². The van der Waals surface area contributed by atoms with E-state index in [1.54, 1.807) is 0 Å². The first kappa shape index (κ1) is 16.2. The van der Waals surface area contributed by atoms with E-state index in [0.29, 0.717) is 30.4 Å². The van der Waals surface area contributed by atoms with Gasteiger partial charge in [0, 0.05) is 6.42 Å². The largest absolute Gasteiger partial charge is 0.491 e. The number of carbonyl (C=O) groups excluding carboxylic acids is 1. The highest BCUT2D eigenvalue weighted by Gasteiger charge is 2.05. The van der Waals surface area contributed by atoms with E-state index in [9.17, 15) is 4.79 Å². The number of benzene rings is 1. The van der Waals surface area contributed by atoms with Crippen molar-refractivity contribution in [3.05, 3.63) is 46.4 Å². The third kappa shape index (κ3) is 4.18. The first-order valence-electron chi connectivity index (χ1n) is 6.98. The highest BCUT2D eigenvalue weighted by atomic mass is 35.5. The maximum absolute atomic E-state index is 10.5. The van der Waals surface area contributed by atoms with Crippen molar-refractivity contribution in [2.45, 2.75) is 20.3 Å². The topological polar surface area (TPSA) is 64.1 Å². The molecule has 1 aromatic carbocycles. The van der Waals surface area contributed by atoms with Crippen molar-refractivity contribution in [1.29, 1.82) is 0 Å². The number of aromatic nitrogens is 2. The highest BCUT2D eigenvalue weighted by Crippen LogP contribution is 2.21. The normalized spacial score (nSPS) is 10.3. The SMILES string of the molecule is Cc1cc(CC=O)ccc1OCCNc1ncnc(C)c1Cl. The Kier molecular flexibility index (Phi) is 5.72. The smallest absolute Gasteiger partial charge is 0.148 e. The highest BCUT2D eigenvalue weighted by molar-refractivity contribution is 6.33. The lowest BCUT2D eigenvalue weighted by Crippen LogP contribution is -2.13. The Hall–Kier alpha value is -2.14. The van der Waals surface area contributed by atoms with Gasteiger partial charge in [-0.05, 0) is 31.0 Å². The van der Waals surface area contributed by atoms with Gasteiger partial charge in [-0.2, -0.15) is 0 Å². The molecular formula is C16H18ClN3O2. The molecule has 0 atom stereocenters. The number of aryl methyl sites for hydroxylation is 2. The van der Waals surface area contributed by atoms with E-state index in [-0.39, 0.29) is 0 Å². The van der Waals surface area contributed by atoms with E-state index in [1.165, 1.54) is 6.33 Å². The van der Waals surface area contributed by atoms with Crippen LogP contribution in [0.5, 0.6) is 5.75 Å². The minimum atomic E-state index is 0.425. The Morgan fingerprint density at radius 3 is 2.86 bits per heavy atom. The summed E-state index contributed by atoms with van der Waals surface area (Å²) in [6, 6.07) is 5.74. The summed E-state index contributed by atoms with van der Waals surface area (Å²) in [7, 11) is 0. The van der Waals surface area contributed by atoms with Crippen LogP contribution in [-0.2, 0) is 11.2 Å². The summed E-state index contributed by atoms with van der Waals surface area (Å²) < 4.78 is 5.72. The van der Waals surface area contributed by atoms with E-state index in [0.717, 1.165) is 28.9 Å². The number of rotatable bonds is 7. The van der Waals surface area contributed by atoms with Crippen LogP contribution < -0.4 is 10.1 Å². The zero-order valence-electron chi connectivity index (χ0n) is 12.6. The van der Waals surface area contributed by atoms with Crippen LogP contribution >= 0.6 is 11.6 Å². The summed E-state index contributed by atoms with van der Waals surface area (Å²) in [5.74, 6) is 1.41. The Morgan fingerprint density at radius 1 is 1.32 bits per heavy atom. The van der Waals surface area contributed by atoms with Gasteiger partial charge in [-0.15, -0.1) is 0 Å². The quantitative estimate of drug-likeness (QED) is 0.628. The third-order valence-electron chi connectivity index (χ3n) is 3.17. The molecule has 1 N–H and O–H groups in total. The van der Waals surface area contributed by atoms with Crippen molar-refractivity contribution in [2.75, 3.05) is 18.5 Å². The molecule has 0 radical (unpaired) electrons. The maximum atomic E-state index is 10.5. The number of hydrogen-bond acceptors (Lipinski definition) is 5. The molecule has 0 aliphatic rings. The van der Waals surface area contributed by atoms with Gasteiger partial charge in [0.25, 0.3) is 0 Å². The Morgan fingerprint density at radius 2 is 2.14 bits per heavy atom. The zero-order chi connectivity index (χ0) is 15.9. The fourth-order valence-electron chi connectivity index (χ4n) is 2.01. The van der Waals surface area contributed by atoms with Crippen molar-refractivity contribution < 1.29 is 9.53 Å². The van der Waals surface area contributed by atoms with E-state index < -0.39 is 0 Å². The summed E-state index contributed by atoms with van der Waals surface area (Å²) in [6.07, 6.45) is 2.79. The predicted molar refractivity (Wildman–Crippen MR) is 86.7 cm³/mol. The molecule has 116 valence electrons. The molecule has 2 aromatic rings. The van der Waals surface area contributed by atoms with E-state index in [2.05, 4.69) is 15.3 Å². The van der Waals surface area contributed by atoms with Gasteiger partial charge in [-0.25, -0.2) is 9.97 Å². The first-order valence-corrected chi connectivity index (χ1v) is 7.36. The number of halogens is 1. The second-order valence-electron chi connectivity index (χ2n) is 4.87. The van der Waals surface area contributed by atoms with E-state index >= 15 is 0 Å². The lowest BCUT2D eigenvalue weighted by Gasteiger charge is -2.12. The average molecular weight is 320 g/mol. The van der Waals surface area contributed by atoms with Gasteiger partial charge in [-0.3, -0.25) is 0 Å². The molecule has 5 nitrogen and oxygen atoms in total. The minimum Gasteiger partial charge on any atom is -0.491 e. The standard InChI is InChI=1S/C16H18ClN3O2/c1-11-9-13(5-7-21)3-4-14(11)22-8-6-18-16-15(17)12(2)19-10-20-16/h3-4,7,9-10H,5-6,8H2,1-2H3,(H,18,19,20). The zero-order valence-corrected chi connectivity index (χ0v) is 13.4. The molecule has 0 aliphatic carbocycles. The summed E-state index contributed by atoms with van der Waals surface area (Å²) in [6.45, 7) is 4.84. The van der Waals surface area contributed by atoms with Crippen LogP contribution in [0.25, 0.3) is 0 Å². The molecule has 6 heteroatoms. The molecule has 1 aromatic heterocycles. The van der Waals surface area contributed by atoms with Crippen molar-refractivity contribution >= 4 is 23.7 Å². The van der Waals surface area contributed by atoms with Crippen LogP contribution in [0.15, 0.2) is 24.5 Å². The van der Waals surface area contributed by atoms with Gasteiger partial charge in [0.1, 0.15) is 35.8 Å². The number of anilines is 1. The summed E-state index contributed by atoms with van der Waals surface area (Å²) in [5, 5.41) is 3.65. The number of hydrogen-bond donors (Lipinski definition) is 1. The molecule has 0 spiro atoms. The lowest BCUT2D eigenvalue weighted by molar-refractivity contribution is -0.107. The fraction of sp³-hybridized carbons (Fsp3) is 0.312. The molecule has 22 heavy (non-hydrogen) atoms. The number of aldehydes is 1. The van der Waals surface area contributed by atoms with Crippen molar-refractivity contribution in [3.8, 4) is 5.75 Å². The van der Waals surface area contributed by atoms with Crippen LogP contribution in [0.2, 0.25) is 5.02 Å². The second-order valence-corrected chi connectivity index (χ2v) is 5.25. The molecule has 2 rings (SSSR count). The van der Waals surface area contributed by atoms with Crippen molar-refractivity contribution in [1.82, 2.24) is 9.97 Å². The Labute approximate surface area is 134 Å². The van der Waals surface area contributed by atoms with Crippen LogP contribution in [0, 0.1) is 13.8 Å². The first-order chi connectivity index (χ1) is 10.6. The van der Waals surface area contributed by atoms with E-state index in [1.807, 2.05) is 32.0 Å². The number of nitrogens with one attached hydrogen (secondary N) is 1. The van der Waals surface area contributed by atoms with E-state index in [4.69, 9.17) is 16.3 Å². The number of carbonyl (C=O) groups is 1. The number of ether oxygens (including phenoxy) is 1. The molecular weight excluding hydrogens is 302 g/mol. The summed E-state index contributed by atoms with van der Waals surface area (Å²) in [5.41, 5.74) is 2.73. The molecule has 0 amide bonds. The van der Waals surface area contributed by atoms with Gasteiger partial charge >= 0.3 is 0 Å². The van der Waals surface area contributed by atoms with Gasteiger partial charge < -0.3 is 14.8 Å². The summed E-state index contributed by atoms with van der Waals surface area (Å²) >= 11 is 6.10. The van der Waals surface area contributed by atoms with Crippen LogP contribution in [0.3, 0.4) is 0 Å². The van der Waals surface area contributed by atoms with Crippen LogP contribution in [-0.4, -0.2) is 29.4 Å². The monoisotopic (exact) mass is 319 g/mol. The molecule has 0 unspecified atom stereocenters. The minimum absolute atomic E-state index is 0.425. The molecule has 0 bridgehead atoms. The maximum Gasteiger partial charge on any atom is 0.148 e. The Balaban J connectivity index is 1.86. The molecule has 0 saturated carbocycles. The molecule has 0 fully saturated rings. The van der Waals surface area contributed by atoms with Crippen molar-refractivity contribution in [3.63, 3.8) is 0 Å². The van der Waals surface area contributed by atoms with Crippen molar-refractivity contribution in [2.24, 2.45) is 0 Å². The average Bonchev–Trinajstić information content (AvgIpc) is 2.50. The number of nitrogens with zero attached hydrogens (tertiary/aromatic N) is 2. The van der Waals surface area contributed by atoms with Gasteiger partial charge in [-0.1, -0.05) is 23.7 Å². The lowest BCUT2D eigenvalue weighted by atomic mass is 10.1. The second kappa shape index (κ2) is 7.75. The summed E-state index contributed by atoms with van der Waals surface area (Å²) in [4.78, 5) is 18.6. The molecule has 0 aliphatic heterocycles. The third-order valence-corrected chi connectivity index (χ3v) is 3.63.